The molecule has 2 aromatic heterocycles. The van der Waals surface area contributed by atoms with Crippen molar-refractivity contribution in [1.82, 2.24) is 19.3 Å². The third-order valence-electron chi connectivity index (χ3n) is 6.94. The molecule has 4 aromatic rings. The number of carbonyl (C=O) groups excluding carboxylic acids is 1. The summed E-state index contributed by atoms with van der Waals surface area (Å²) in [5.41, 5.74) is 2.38. The number of hydrogen-bond acceptors (Lipinski definition) is 6. The molecule has 0 N–H and O–H groups in total. The molecule has 1 amide bonds. The van der Waals surface area contributed by atoms with Gasteiger partial charge in [0.2, 0.25) is 0 Å². The van der Waals surface area contributed by atoms with Gasteiger partial charge in [0.1, 0.15) is 18.1 Å². The molecule has 40 heavy (non-hydrogen) atoms. The van der Waals surface area contributed by atoms with Gasteiger partial charge in [-0.2, -0.15) is 4.68 Å². The Morgan fingerprint density at radius 2 is 1.82 bits per heavy atom. The average Bonchev–Trinajstić information content (AvgIpc) is 3.24. The van der Waals surface area contributed by atoms with E-state index in [1.165, 1.54) is 15.5 Å². The molecular weight excluding hydrogens is 535 g/mol. The average molecular weight is 565 g/mol. The second-order valence-electron chi connectivity index (χ2n) is 9.86. The fraction of sp³-hybridized carbons (Fsp3) is 0.310. The van der Waals surface area contributed by atoms with Gasteiger partial charge in [0.15, 0.2) is 11.0 Å². The topological polar surface area (TPSA) is 85.5 Å². The highest BCUT2D eigenvalue weighted by molar-refractivity contribution is 6.33. The lowest BCUT2D eigenvalue weighted by Gasteiger charge is -2.41. The van der Waals surface area contributed by atoms with Crippen LogP contribution in [0.2, 0.25) is 5.15 Å². The predicted molar refractivity (Wildman–Crippen MR) is 152 cm³/mol. The first-order valence-corrected chi connectivity index (χ1v) is 13.4. The Bertz CT molecular complexity index is 1600. The molecule has 1 aliphatic rings. The Morgan fingerprint density at radius 1 is 1.07 bits per heavy atom. The number of fused-ring (bicyclic) bond motifs is 1. The smallest absolute Gasteiger partial charge is 0.350 e. The van der Waals surface area contributed by atoms with Crippen molar-refractivity contribution >= 4 is 28.9 Å². The van der Waals surface area contributed by atoms with E-state index in [1.54, 1.807) is 12.3 Å². The van der Waals surface area contributed by atoms with Crippen LogP contribution in [0.1, 0.15) is 48.1 Å². The summed E-state index contributed by atoms with van der Waals surface area (Å²) in [4.78, 5) is 34.5. The number of benzene rings is 2. The van der Waals surface area contributed by atoms with E-state index in [4.69, 9.17) is 16.3 Å². The molecule has 208 valence electrons. The SMILES string of the molecule is CCn1c(COCc2ccccc2)nn(-c2cc3c(cc2F)C(=O)N(c2c(C)ccnc2Cl)CN3C(C)C)c1=O. The van der Waals surface area contributed by atoms with Crippen LogP contribution >= 0.6 is 11.6 Å². The molecule has 0 spiro atoms. The summed E-state index contributed by atoms with van der Waals surface area (Å²) in [6, 6.07) is 14.0. The highest BCUT2D eigenvalue weighted by Crippen LogP contribution is 2.37. The van der Waals surface area contributed by atoms with Crippen LogP contribution in [-0.4, -0.2) is 37.9 Å². The van der Waals surface area contributed by atoms with Crippen molar-refractivity contribution in [1.29, 1.82) is 0 Å². The fourth-order valence-electron chi connectivity index (χ4n) is 4.87. The Labute approximate surface area is 236 Å². The van der Waals surface area contributed by atoms with Crippen LogP contribution in [0.25, 0.3) is 5.69 Å². The maximum Gasteiger partial charge on any atom is 0.350 e. The van der Waals surface area contributed by atoms with Gasteiger partial charge in [-0.05, 0) is 57.0 Å². The monoisotopic (exact) mass is 564 g/mol. The number of nitrogens with zero attached hydrogens (tertiary/aromatic N) is 6. The quantitative estimate of drug-likeness (QED) is 0.277. The van der Waals surface area contributed by atoms with Gasteiger partial charge >= 0.3 is 5.69 Å². The number of aryl methyl sites for hydroxylation is 1. The van der Waals surface area contributed by atoms with Gasteiger partial charge < -0.3 is 9.64 Å². The van der Waals surface area contributed by atoms with Crippen LogP contribution in [0.5, 0.6) is 0 Å². The number of halogens is 2. The highest BCUT2D eigenvalue weighted by Gasteiger charge is 2.35. The van der Waals surface area contributed by atoms with Crippen molar-refractivity contribution in [3.63, 3.8) is 0 Å². The van der Waals surface area contributed by atoms with E-state index in [9.17, 15) is 9.59 Å². The summed E-state index contributed by atoms with van der Waals surface area (Å²) >= 11 is 6.38. The van der Waals surface area contributed by atoms with Crippen LogP contribution in [0.4, 0.5) is 15.8 Å². The molecule has 5 rings (SSSR count). The number of hydrogen-bond donors (Lipinski definition) is 0. The number of ether oxygens (including phenoxy) is 1. The lowest BCUT2D eigenvalue weighted by Crippen LogP contribution is -2.50. The molecular formula is C29H30ClFN6O3. The van der Waals surface area contributed by atoms with Gasteiger partial charge in [-0.15, -0.1) is 5.10 Å². The number of anilines is 2. The zero-order chi connectivity index (χ0) is 28.6. The largest absolute Gasteiger partial charge is 0.369 e. The summed E-state index contributed by atoms with van der Waals surface area (Å²) < 4.78 is 24.0. The molecule has 0 bridgehead atoms. The highest BCUT2D eigenvalue weighted by atomic mass is 35.5. The molecule has 1 aliphatic heterocycles. The van der Waals surface area contributed by atoms with Crippen molar-refractivity contribution in [3.8, 4) is 5.69 Å². The Morgan fingerprint density at radius 3 is 2.50 bits per heavy atom. The third kappa shape index (κ3) is 5.00. The molecule has 0 fully saturated rings. The minimum Gasteiger partial charge on any atom is -0.369 e. The van der Waals surface area contributed by atoms with Crippen molar-refractivity contribution in [2.24, 2.45) is 0 Å². The molecule has 0 unspecified atom stereocenters. The molecule has 0 saturated heterocycles. The first-order chi connectivity index (χ1) is 19.2. The third-order valence-corrected chi connectivity index (χ3v) is 7.22. The number of aromatic nitrogens is 4. The Hall–Kier alpha value is -4.02. The molecule has 0 saturated carbocycles. The van der Waals surface area contributed by atoms with Crippen LogP contribution < -0.4 is 15.5 Å². The molecule has 0 aliphatic carbocycles. The second kappa shape index (κ2) is 11.2. The van der Waals surface area contributed by atoms with Gasteiger partial charge in [-0.25, -0.2) is 14.2 Å². The maximum atomic E-state index is 15.7. The van der Waals surface area contributed by atoms with Gasteiger partial charge in [0.25, 0.3) is 5.91 Å². The standard InChI is InChI=1S/C29H30ClFN6O3/c1-5-34-25(16-40-15-20-9-7-6-8-10-20)33-37(29(34)39)24-14-23-21(13-22(24)31)28(38)36(17-35(23)18(2)3)26-19(4)11-12-32-27(26)30/h6-14,18H,5,15-17H2,1-4H3. The molecule has 9 nitrogen and oxygen atoms in total. The van der Waals surface area contributed by atoms with E-state index >= 15 is 4.39 Å². The van der Waals surface area contributed by atoms with E-state index in [0.29, 0.717) is 30.4 Å². The Balaban J connectivity index is 1.52. The van der Waals surface area contributed by atoms with Gasteiger partial charge in [-0.3, -0.25) is 14.3 Å². The van der Waals surface area contributed by atoms with E-state index in [0.717, 1.165) is 21.9 Å². The summed E-state index contributed by atoms with van der Waals surface area (Å²) in [5.74, 6) is -0.770. The van der Waals surface area contributed by atoms with Crippen molar-refractivity contribution in [2.45, 2.75) is 53.5 Å². The number of pyridine rings is 1. The van der Waals surface area contributed by atoms with Gasteiger partial charge in [0.05, 0.1) is 30.2 Å². The van der Waals surface area contributed by atoms with Crippen LogP contribution in [0.3, 0.4) is 0 Å². The van der Waals surface area contributed by atoms with Crippen LogP contribution in [0, 0.1) is 12.7 Å². The minimum absolute atomic E-state index is 0.0391. The molecule has 3 heterocycles. The van der Waals surface area contributed by atoms with E-state index in [1.807, 2.05) is 62.9 Å². The first kappa shape index (κ1) is 27.5. The maximum absolute atomic E-state index is 15.7. The molecule has 0 radical (unpaired) electrons. The van der Waals surface area contributed by atoms with Gasteiger partial charge in [-0.1, -0.05) is 41.9 Å². The lowest BCUT2D eigenvalue weighted by molar-refractivity contribution is 0.0981. The second-order valence-corrected chi connectivity index (χ2v) is 10.2. The van der Waals surface area contributed by atoms with Crippen LogP contribution in [-0.2, 0) is 24.5 Å². The molecule has 0 atom stereocenters. The first-order valence-electron chi connectivity index (χ1n) is 13.0. The van der Waals surface area contributed by atoms with Gasteiger partial charge in [0, 0.05) is 18.8 Å². The normalized spacial score (nSPS) is 13.3. The molecule has 11 heteroatoms. The van der Waals surface area contributed by atoms with Crippen LogP contribution in [0.15, 0.2) is 59.5 Å². The van der Waals surface area contributed by atoms with Crippen molar-refractivity contribution in [3.05, 3.63) is 98.7 Å². The van der Waals surface area contributed by atoms with E-state index < -0.39 is 17.4 Å². The number of rotatable bonds is 8. The number of amides is 1. The summed E-state index contributed by atoms with van der Waals surface area (Å²) in [7, 11) is 0. The summed E-state index contributed by atoms with van der Waals surface area (Å²) in [6.45, 7) is 8.54. The molecule has 2 aromatic carbocycles. The number of carbonyl (C=O) groups is 1. The predicted octanol–water partition coefficient (Wildman–Crippen LogP) is 5.10. The van der Waals surface area contributed by atoms with Crippen molar-refractivity contribution in [2.75, 3.05) is 16.5 Å². The van der Waals surface area contributed by atoms with E-state index in [2.05, 4.69) is 10.1 Å². The Kier molecular flexibility index (Phi) is 7.73. The van der Waals surface area contributed by atoms with Crippen molar-refractivity contribution < 1.29 is 13.9 Å². The summed E-state index contributed by atoms with van der Waals surface area (Å²) in [5, 5.41) is 4.62. The zero-order valence-corrected chi connectivity index (χ0v) is 23.5. The lowest BCUT2D eigenvalue weighted by atomic mass is 10.0. The zero-order valence-electron chi connectivity index (χ0n) is 22.8. The van der Waals surface area contributed by atoms with E-state index in [-0.39, 0.29) is 35.7 Å². The summed E-state index contributed by atoms with van der Waals surface area (Å²) in [6.07, 6.45) is 1.57. The fourth-order valence-corrected chi connectivity index (χ4v) is 5.18. The minimum atomic E-state index is -0.744.